The van der Waals surface area contributed by atoms with Crippen LogP contribution < -0.4 is 10.6 Å². The first-order valence-corrected chi connectivity index (χ1v) is 7.42. The Morgan fingerprint density at radius 2 is 1.90 bits per heavy atom. The van der Waals surface area contributed by atoms with Crippen LogP contribution in [0.5, 0.6) is 0 Å². The fourth-order valence-corrected chi connectivity index (χ4v) is 1.82. The second kappa shape index (κ2) is 11.8. The van der Waals surface area contributed by atoms with E-state index in [1.165, 1.54) is 11.1 Å². The molecule has 0 aliphatic heterocycles. The standard InChI is InChI=1S/C16H28N4.HI/c1-5-17-16(18-11-12-20(4)6-2)19-13-15-10-8-7-9-14(15)3;/h7-10H,5-6,11-13H2,1-4H3,(H2,17,18,19);1H. The molecule has 1 aromatic carbocycles. The number of guanidine groups is 1. The summed E-state index contributed by atoms with van der Waals surface area (Å²) in [5, 5.41) is 6.66. The molecule has 2 N–H and O–H groups in total. The van der Waals surface area contributed by atoms with Gasteiger partial charge < -0.3 is 15.5 Å². The third kappa shape index (κ3) is 8.26. The summed E-state index contributed by atoms with van der Waals surface area (Å²) in [6.45, 7) is 11.0. The number of hydrogen-bond acceptors (Lipinski definition) is 2. The Bertz CT molecular complexity index is 420. The molecule has 0 heterocycles. The summed E-state index contributed by atoms with van der Waals surface area (Å²) in [4.78, 5) is 6.92. The molecule has 0 atom stereocenters. The molecular weight excluding hydrogens is 375 g/mol. The molecule has 1 rings (SSSR count). The van der Waals surface area contributed by atoms with Crippen LogP contribution in [0, 0.1) is 6.92 Å². The topological polar surface area (TPSA) is 39.7 Å². The van der Waals surface area contributed by atoms with Gasteiger partial charge in [0.25, 0.3) is 0 Å². The third-order valence-electron chi connectivity index (χ3n) is 3.34. The number of nitrogens with zero attached hydrogens (tertiary/aromatic N) is 2. The molecule has 0 unspecified atom stereocenters. The number of likely N-dealkylation sites (N-methyl/N-ethyl adjacent to an activating group) is 1. The van der Waals surface area contributed by atoms with Gasteiger partial charge in [0, 0.05) is 19.6 Å². The van der Waals surface area contributed by atoms with Crippen LogP contribution >= 0.6 is 24.0 Å². The Kier molecular flexibility index (Phi) is 11.3. The van der Waals surface area contributed by atoms with Gasteiger partial charge in [0.15, 0.2) is 5.96 Å². The van der Waals surface area contributed by atoms with Gasteiger partial charge in [-0.15, -0.1) is 24.0 Å². The SMILES string of the molecule is CCNC(=NCc1ccccc1C)NCCN(C)CC.I. The second-order valence-corrected chi connectivity index (χ2v) is 4.94. The van der Waals surface area contributed by atoms with Crippen LogP contribution in [0.4, 0.5) is 0 Å². The maximum absolute atomic E-state index is 4.64. The summed E-state index contributed by atoms with van der Waals surface area (Å²) in [5.41, 5.74) is 2.56. The van der Waals surface area contributed by atoms with Crippen molar-refractivity contribution in [3.8, 4) is 0 Å². The van der Waals surface area contributed by atoms with Crippen molar-refractivity contribution in [3.05, 3.63) is 35.4 Å². The molecule has 0 aliphatic carbocycles. The van der Waals surface area contributed by atoms with E-state index in [1.54, 1.807) is 0 Å². The highest BCUT2D eigenvalue weighted by Gasteiger charge is 2.00. The van der Waals surface area contributed by atoms with Gasteiger partial charge in [-0.2, -0.15) is 0 Å². The van der Waals surface area contributed by atoms with Gasteiger partial charge in [-0.05, 0) is 38.6 Å². The van der Waals surface area contributed by atoms with E-state index in [-0.39, 0.29) is 24.0 Å². The zero-order valence-corrected chi connectivity index (χ0v) is 16.0. The number of aliphatic imine (C=N–C) groups is 1. The van der Waals surface area contributed by atoms with Gasteiger partial charge in [0.05, 0.1) is 6.54 Å². The molecule has 21 heavy (non-hydrogen) atoms. The molecule has 0 amide bonds. The van der Waals surface area contributed by atoms with Crippen LogP contribution in [0.3, 0.4) is 0 Å². The number of halogens is 1. The third-order valence-corrected chi connectivity index (χ3v) is 3.34. The van der Waals surface area contributed by atoms with E-state index in [4.69, 9.17) is 0 Å². The second-order valence-electron chi connectivity index (χ2n) is 4.94. The molecular formula is C16H29IN4. The number of hydrogen-bond donors (Lipinski definition) is 2. The smallest absolute Gasteiger partial charge is 0.191 e. The van der Waals surface area contributed by atoms with Crippen LogP contribution in [0.15, 0.2) is 29.3 Å². The maximum Gasteiger partial charge on any atom is 0.191 e. The molecule has 1 aromatic rings. The van der Waals surface area contributed by atoms with E-state index >= 15 is 0 Å². The number of aryl methyl sites for hydroxylation is 1. The van der Waals surface area contributed by atoms with Crippen LogP contribution in [-0.4, -0.2) is 44.1 Å². The van der Waals surface area contributed by atoms with E-state index in [0.29, 0.717) is 6.54 Å². The van der Waals surface area contributed by atoms with Crippen molar-refractivity contribution in [1.29, 1.82) is 0 Å². The van der Waals surface area contributed by atoms with Gasteiger partial charge in [-0.25, -0.2) is 4.99 Å². The van der Waals surface area contributed by atoms with Crippen molar-refractivity contribution in [2.45, 2.75) is 27.3 Å². The molecule has 5 heteroatoms. The molecule has 0 aliphatic rings. The van der Waals surface area contributed by atoms with Crippen molar-refractivity contribution in [1.82, 2.24) is 15.5 Å². The Labute approximate surface area is 146 Å². The normalized spacial score (nSPS) is 11.2. The summed E-state index contributed by atoms with van der Waals surface area (Å²) in [6, 6.07) is 8.38. The van der Waals surface area contributed by atoms with Gasteiger partial charge in [-0.3, -0.25) is 0 Å². The van der Waals surface area contributed by atoms with Gasteiger partial charge in [0.2, 0.25) is 0 Å². The zero-order chi connectivity index (χ0) is 14.8. The minimum Gasteiger partial charge on any atom is -0.357 e. The molecule has 0 saturated carbocycles. The number of nitrogens with one attached hydrogen (secondary N) is 2. The highest BCUT2D eigenvalue weighted by atomic mass is 127. The lowest BCUT2D eigenvalue weighted by atomic mass is 10.1. The maximum atomic E-state index is 4.64. The minimum absolute atomic E-state index is 0. The van der Waals surface area contributed by atoms with Crippen molar-refractivity contribution >= 4 is 29.9 Å². The van der Waals surface area contributed by atoms with Crippen LogP contribution in [-0.2, 0) is 6.54 Å². The lowest BCUT2D eigenvalue weighted by molar-refractivity contribution is 0.357. The Hall–Kier alpha value is -0.820. The Morgan fingerprint density at radius 1 is 1.19 bits per heavy atom. The Morgan fingerprint density at radius 3 is 2.52 bits per heavy atom. The van der Waals surface area contributed by atoms with Crippen LogP contribution in [0.25, 0.3) is 0 Å². The van der Waals surface area contributed by atoms with E-state index in [2.05, 4.69) is 72.6 Å². The van der Waals surface area contributed by atoms with E-state index in [9.17, 15) is 0 Å². The van der Waals surface area contributed by atoms with Gasteiger partial charge in [-0.1, -0.05) is 31.2 Å². The molecule has 0 spiro atoms. The first-order valence-electron chi connectivity index (χ1n) is 7.42. The molecule has 0 bridgehead atoms. The highest BCUT2D eigenvalue weighted by Crippen LogP contribution is 2.07. The van der Waals surface area contributed by atoms with Crippen LogP contribution in [0.1, 0.15) is 25.0 Å². The lowest BCUT2D eigenvalue weighted by Crippen LogP contribution is -2.40. The van der Waals surface area contributed by atoms with E-state index in [1.807, 2.05) is 0 Å². The van der Waals surface area contributed by atoms with Gasteiger partial charge >= 0.3 is 0 Å². The van der Waals surface area contributed by atoms with Gasteiger partial charge in [0.1, 0.15) is 0 Å². The Balaban J connectivity index is 0.00000400. The zero-order valence-electron chi connectivity index (χ0n) is 13.6. The quantitative estimate of drug-likeness (QED) is 0.417. The first-order chi connectivity index (χ1) is 9.67. The van der Waals surface area contributed by atoms with Crippen molar-refractivity contribution < 1.29 is 0 Å². The lowest BCUT2D eigenvalue weighted by Gasteiger charge is -2.16. The molecule has 0 aromatic heterocycles. The fraction of sp³-hybridized carbons (Fsp3) is 0.562. The average molecular weight is 404 g/mol. The molecule has 0 radical (unpaired) electrons. The number of rotatable bonds is 7. The first kappa shape index (κ1) is 20.2. The van der Waals surface area contributed by atoms with Crippen molar-refractivity contribution in [3.63, 3.8) is 0 Å². The summed E-state index contributed by atoms with van der Waals surface area (Å²) in [5.74, 6) is 0.889. The fourth-order valence-electron chi connectivity index (χ4n) is 1.82. The van der Waals surface area contributed by atoms with Crippen molar-refractivity contribution in [2.24, 2.45) is 4.99 Å². The molecule has 0 saturated heterocycles. The highest BCUT2D eigenvalue weighted by molar-refractivity contribution is 14.0. The summed E-state index contributed by atoms with van der Waals surface area (Å²) >= 11 is 0. The molecule has 0 fully saturated rings. The predicted molar refractivity (Wildman–Crippen MR) is 103 cm³/mol. The summed E-state index contributed by atoms with van der Waals surface area (Å²) < 4.78 is 0. The predicted octanol–water partition coefficient (Wildman–Crippen LogP) is 2.62. The summed E-state index contributed by atoms with van der Waals surface area (Å²) in [7, 11) is 2.12. The summed E-state index contributed by atoms with van der Waals surface area (Å²) in [6.07, 6.45) is 0. The van der Waals surface area contributed by atoms with Crippen LogP contribution in [0.2, 0.25) is 0 Å². The number of benzene rings is 1. The largest absolute Gasteiger partial charge is 0.357 e. The van der Waals surface area contributed by atoms with Crippen molar-refractivity contribution in [2.75, 3.05) is 33.2 Å². The van der Waals surface area contributed by atoms with E-state index < -0.39 is 0 Å². The molecule has 4 nitrogen and oxygen atoms in total. The average Bonchev–Trinajstić information content (AvgIpc) is 2.46. The monoisotopic (exact) mass is 404 g/mol. The minimum atomic E-state index is 0. The van der Waals surface area contributed by atoms with E-state index in [0.717, 1.165) is 32.1 Å². The molecule has 120 valence electrons.